The predicted molar refractivity (Wildman–Crippen MR) is 192 cm³/mol. The molecule has 0 saturated heterocycles. The number of nitrogens with one attached hydrogen (secondary N) is 2. The van der Waals surface area contributed by atoms with Gasteiger partial charge in [0.25, 0.3) is 5.91 Å². The first-order valence-electron chi connectivity index (χ1n) is 16.1. The monoisotopic (exact) mass is 650 g/mol. The summed E-state index contributed by atoms with van der Waals surface area (Å²) in [5.41, 5.74) is 8.78. The summed E-state index contributed by atoms with van der Waals surface area (Å²) in [6.07, 6.45) is 5.92. The van der Waals surface area contributed by atoms with Crippen molar-refractivity contribution >= 4 is 28.9 Å². The van der Waals surface area contributed by atoms with Crippen LogP contribution in [0.4, 0.5) is 5.69 Å². The Kier molecular flexibility index (Phi) is 12.3. The van der Waals surface area contributed by atoms with Crippen molar-refractivity contribution in [2.24, 2.45) is 5.92 Å². The van der Waals surface area contributed by atoms with E-state index in [4.69, 9.17) is 17.0 Å². The number of aromatic nitrogens is 2. The van der Waals surface area contributed by atoms with Crippen LogP contribution >= 0.6 is 12.2 Å². The Morgan fingerprint density at radius 2 is 1.70 bits per heavy atom. The molecule has 1 aromatic heterocycles. The molecule has 1 heterocycles. The molecule has 4 rings (SSSR count). The molecule has 8 nitrogen and oxygen atoms in total. The van der Waals surface area contributed by atoms with Crippen molar-refractivity contribution in [1.82, 2.24) is 20.0 Å². The maximum absolute atomic E-state index is 14.8. The molecular weight excluding hydrogens is 605 g/mol. The summed E-state index contributed by atoms with van der Waals surface area (Å²) in [5, 5.41) is 14.3. The molecule has 1 unspecified atom stereocenters. The highest BCUT2D eigenvalue weighted by atomic mass is 32.1. The third-order valence-corrected chi connectivity index (χ3v) is 8.75. The van der Waals surface area contributed by atoms with Gasteiger partial charge in [0, 0.05) is 25.0 Å². The Hall–Kier alpha value is -4.52. The first kappa shape index (κ1) is 35.3. The fourth-order valence-electron chi connectivity index (χ4n) is 5.22. The van der Waals surface area contributed by atoms with Crippen LogP contribution in [0, 0.1) is 17.2 Å². The molecule has 2 N–H and O–H groups in total. The van der Waals surface area contributed by atoms with E-state index in [1.165, 1.54) is 10.6 Å². The van der Waals surface area contributed by atoms with Crippen LogP contribution in [-0.4, -0.2) is 39.2 Å². The Morgan fingerprint density at radius 1 is 1.04 bits per heavy atom. The third kappa shape index (κ3) is 9.74. The van der Waals surface area contributed by atoms with Gasteiger partial charge in [-0.3, -0.25) is 4.79 Å². The lowest BCUT2D eigenvalue weighted by atomic mass is 9.85. The van der Waals surface area contributed by atoms with Crippen molar-refractivity contribution in [3.05, 3.63) is 113 Å². The summed E-state index contributed by atoms with van der Waals surface area (Å²) in [6.45, 7) is 12.0. The zero-order chi connectivity index (χ0) is 34.0. The molecule has 2 atom stereocenters. The summed E-state index contributed by atoms with van der Waals surface area (Å²) < 4.78 is 7.31. The smallest absolute Gasteiger partial charge is 0.252 e. The lowest BCUT2D eigenvalue weighted by Gasteiger charge is -2.29. The number of carbonyl (C=O) groups is 1. The standard InChI is InChI=1S/C38H46N6O2S/c1-7-27(2)20-21-41-44(37(47)42-32-16-18-33(46-6)19-17-32)36(45)34(22-28-12-14-31(15-13-28)38(3,4)5)35-24-40-26-43(35)25-30-10-8-29(23-39)9-11-30/h8-19,24,26-27,34,41H,7,20-22,25H2,1-6H3,(H,42,47)/t27-,34?/m0/s1. The van der Waals surface area contributed by atoms with E-state index in [1.807, 2.05) is 41.0 Å². The van der Waals surface area contributed by atoms with Gasteiger partial charge in [-0.05, 0) is 89.5 Å². The number of rotatable bonds is 13. The SMILES string of the molecule is CC[C@H](C)CCNN(C(=O)C(Cc1ccc(C(C)(C)C)cc1)c1cncn1Cc1ccc(C#N)cc1)C(=S)Nc1ccc(OC)cc1. The van der Waals surface area contributed by atoms with Gasteiger partial charge in [-0.15, -0.1) is 0 Å². The van der Waals surface area contributed by atoms with E-state index in [-0.39, 0.29) is 16.4 Å². The Labute approximate surface area is 284 Å². The van der Waals surface area contributed by atoms with Crippen LogP contribution in [0.5, 0.6) is 5.75 Å². The molecule has 3 aromatic carbocycles. The maximum Gasteiger partial charge on any atom is 0.252 e. The number of imidazole rings is 1. The molecule has 0 aliphatic rings. The molecule has 47 heavy (non-hydrogen) atoms. The largest absolute Gasteiger partial charge is 0.497 e. The van der Waals surface area contributed by atoms with Gasteiger partial charge in [-0.25, -0.2) is 15.4 Å². The third-order valence-electron chi connectivity index (χ3n) is 8.46. The molecular formula is C38H46N6O2S. The normalized spacial score (nSPS) is 12.5. The van der Waals surface area contributed by atoms with Crippen LogP contribution in [-0.2, 0) is 23.2 Å². The van der Waals surface area contributed by atoms with Gasteiger partial charge >= 0.3 is 0 Å². The second-order valence-electron chi connectivity index (χ2n) is 13.0. The molecule has 0 bridgehead atoms. The molecule has 0 spiro atoms. The van der Waals surface area contributed by atoms with E-state index in [9.17, 15) is 10.1 Å². The van der Waals surface area contributed by atoms with Gasteiger partial charge in [0.2, 0.25) is 0 Å². The fourth-order valence-corrected chi connectivity index (χ4v) is 5.49. The number of nitrogens with zero attached hydrogens (tertiary/aromatic N) is 4. The molecule has 0 saturated carbocycles. The quantitative estimate of drug-likeness (QED) is 0.114. The van der Waals surface area contributed by atoms with E-state index in [2.05, 4.69) is 80.7 Å². The molecule has 1 amide bonds. The second-order valence-corrected chi connectivity index (χ2v) is 13.4. The first-order chi connectivity index (χ1) is 22.5. The minimum absolute atomic E-state index is 0.0170. The lowest BCUT2D eigenvalue weighted by Crippen LogP contribution is -2.51. The number of benzene rings is 3. The van der Waals surface area contributed by atoms with Gasteiger partial charge in [-0.1, -0.05) is 77.4 Å². The molecule has 0 fully saturated rings. The van der Waals surface area contributed by atoms with Gasteiger partial charge in [0.05, 0.1) is 36.7 Å². The predicted octanol–water partition coefficient (Wildman–Crippen LogP) is 7.60. The number of anilines is 1. The van der Waals surface area contributed by atoms with Gasteiger partial charge in [0.15, 0.2) is 5.11 Å². The molecule has 0 aliphatic carbocycles. The van der Waals surface area contributed by atoms with Gasteiger partial charge < -0.3 is 14.6 Å². The van der Waals surface area contributed by atoms with Crippen LogP contribution in [0.1, 0.15) is 81.3 Å². The van der Waals surface area contributed by atoms with Crippen molar-refractivity contribution in [2.45, 2.75) is 71.8 Å². The number of thiocarbonyl (C=S) groups is 1. The van der Waals surface area contributed by atoms with Crippen molar-refractivity contribution in [2.75, 3.05) is 19.0 Å². The Bertz CT molecular complexity index is 1650. The van der Waals surface area contributed by atoms with Gasteiger partial charge in [-0.2, -0.15) is 5.26 Å². The fraction of sp³-hybridized carbons (Fsp3) is 0.368. The number of hydrogen-bond acceptors (Lipinski definition) is 6. The average Bonchev–Trinajstić information content (AvgIpc) is 3.53. The minimum atomic E-state index is -0.594. The zero-order valence-corrected chi connectivity index (χ0v) is 29.1. The highest BCUT2D eigenvalue weighted by Crippen LogP contribution is 2.28. The van der Waals surface area contributed by atoms with Crippen molar-refractivity contribution in [1.29, 1.82) is 5.26 Å². The van der Waals surface area contributed by atoms with Crippen molar-refractivity contribution in [3.8, 4) is 11.8 Å². The van der Waals surface area contributed by atoms with E-state index in [0.717, 1.165) is 41.1 Å². The van der Waals surface area contributed by atoms with E-state index in [1.54, 1.807) is 31.8 Å². The number of hydrazine groups is 1. The minimum Gasteiger partial charge on any atom is -0.497 e. The Morgan fingerprint density at radius 3 is 2.30 bits per heavy atom. The highest BCUT2D eigenvalue weighted by Gasteiger charge is 2.32. The average molecular weight is 651 g/mol. The van der Waals surface area contributed by atoms with Crippen molar-refractivity contribution < 1.29 is 9.53 Å². The van der Waals surface area contributed by atoms with Crippen LogP contribution in [0.25, 0.3) is 0 Å². The van der Waals surface area contributed by atoms with E-state index < -0.39 is 5.92 Å². The van der Waals surface area contributed by atoms with E-state index >= 15 is 0 Å². The van der Waals surface area contributed by atoms with Crippen LogP contribution in [0.2, 0.25) is 0 Å². The summed E-state index contributed by atoms with van der Waals surface area (Å²) >= 11 is 5.89. The maximum atomic E-state index is 14.8. The summed E-state index contributed by atoms with van der Waals surface area (Å²) in [6, 6.07) is 25.6. The number of hydrogen-bond donors (Lipinski definition) is 2. The second kappa shape index (κ2) is 16.3. The number of ether oxygens (including phenoxy) is 1. The molecule has 4 aromatic rings. The van der Waals surface area contributed by atoms with Crippen LogP contribution in [0.3, 0.4) is 0 Å². The highest BCUT2D eigenvalue weighted by molar-refractivity contribution is 7.80. The first-order valence-corrected chi connectivity index (χ1v) is 16.5. The van der Waals surface area contributed by atoms with E-state index in [0.29, 0.717) is 31.0 Å². The summed E-state index contributed by atoms with van der Waals surface area (Å²) in [5.74, 6) is 0.451. The van der Waals surface area contributed by atoms with Crippen LogP contribution < -0.4 is 15.5 Å². The summed E-state index contributed by atoms with van der Waals surface area (Å²) in [4.78, 5) is 19.3. The molecule has 0 aliphatic heterocycles. The van der Waals surface area contributed by atoms with Crippen molar-refractivity contribution in [3.63, 3.8) is 0 Å². The lowest BCUT2D eigenvalue weighted by molar-refractivity contribution is -0.131. The zero-order valence-electron chi connectivity index (χ0n) is 28.3. The number of nitriles is 1. The van der Waals surface area contributed by atoms with Crippen LogP contribution in [0.15, 0.2) is 85.3 Å². The molecule has 246 valence electrons. The number of carbonyl (C=O) groups excluding carboxylic acids is 1. The van der Waals surface area contributed by atoms with Gasteiger partial charge in [0.1, 0.15) is 5.75 Å². The number of methoxy groups -OCH3 is 1. The molecule has 9 heteroatoms. The Balaban J connectivity index is 1.70. The molecule has 0 radical (unpaired) electrons. The number of amides is 1. The summed E-state index contributed by atoms with van der Waals surface area (Å²) in [7, 11) is 1.62. The topological polar surface area (TPSA) is 95.2 Å².